The first-order valence-electron chi connectivity index (χ1n) is 23.3. The molecular weight excluding hydrogens is 773 g/mol. The summed E-state index contributed by atoms with van der Waals surface area (Å²) in [6.07, 6.45) is 7.06. The highest BCUT2D eigenvalue weighted by Crippen LogP contribution is 2.44. The molecule has 64 heavy (non-hydrogen) atoms. The van der Waals surface area contributed by atoms with Gasteiger partial charge in [0, 0.05) is 32.9 Å². The fourth-order valence-electron chi connectivity index (χ4n) is 10.8. The number of benzene rings is 10. The number of unbranched alkanes of at least 4 members (excludes halogenated alkanes) is 2. The number of nitrogens with zero attached hydrogens (tertiary/aromatic N) is 2. The van der Waals surface area contributed by atoms with Crippen molar-refractivity contribution in [1.29, 1.82) is 0 Å². The van der Waals surface area contributed by atoms with Crippen LogP contribution in [0.1, 0.15) is 50.7 Å². The maximum absolute atomic E-state index is 2.49. The number of hydrogen-bond acceptors (Lipinski definition) is 0. The van der Waals surface area contributed by atoms with Gasteiger partial charge in [-0.05, 0) is 140 Å². The van der Waals surface area contributed by atoms with Gasteiger partial charge in [0.2, 0.25) is 0 Å². The van der Waals surface area contributed by atoms with Crippen LogP contribution in [-0.4, -0.2) is 9.13 Å². The first-order valence-corrected chi connectivity index (χ1v) is 23.3. The van der Waals surface area contributed by atoms with Crippen LogP contribution in [0.4, 0.5) is 0 Å². The molecule has 0 saturated carbocycles. The minimum Gasteiger partial charge on any atom is -0.309 e. The molecule has 2 nitrogen and oxygen atoms in total. The van der Waals surface area contributed by atoms with E-state index in [0.29, 0.717) is 0 Å². The van der Waals surface area contributed by atoms with Gasteiger partial charge in [0.05, 0.1) is 22.1 Å². The quantitative estimate of drug-likeness (QED) is 0.122. The zero-order valence-corrected chi connectivity index (χ0v) is 36.6. The zero-order valence-electron chi connectivity index (χ0n) is 36.6. The second-order valence-corrected chi connectivity index (χ2v) is 17.7. The molecule has 10 aromatic carbocycles. The molecule has 12 rings (SSSR count). The van der Waals surface area contributed by atoms with Crippen molar-refractivity contribution < 1.29 is 0 Å². The first-order chi connectivity index (χ1) is 31.7. The number of fused-ring (bicyclic) bond motifs is 13. The van der Waals surface area contributed by atoms with E-state index in [0.717, 1.165) is 18.5 Å². The summed E-state index contributed by atoms with van der Waals surface area (Å²) in [5.41, 5.74) is 15.0. The SMILES string of the molecule is CCCCc1cccc(-c2ccccc2-c2ccc(-n3c4ccccc4c4c5c6ccccc6n(-c6ccc7c8ccc(CCCC)cc8c8ccccc8c7c6)c5ccc43)cc2)c1. The van der Waals surface area contributed by atoms with Crippen LogP contribution >= 0.6 is 0 Å². The minimum absolute atomic E-state index is 1.12. The van der Waals surface area contributed by atoms with Crippen LogP contribution in [0.3, 0.4) is 0 Å². The number of hydrogen-bond donors (Lipinski definition) is 0. The van der Waals surface area contributed by atoms with E-state index >= 15 is 0 Å². The van der Waals surface area contributed by atoms with Crippen molar-refractivity contribution in [2.45, 2.75) is 52.4 Å². The molecule has 0 atom stereocenters. The van der Waals surface area contributed by atoms with E-state index in [2.05, 4.69) is 217 Å². The monoisotopic (exact) mass is 822 g/mol. The Morgan fingerprint density at radius 1 is 0.312 bits per heavy atom. The standard InChI is InChI=1S/C62H50N2/c1-3-5-16-41-18-15-19-44(38-41)48-21-8-7-20-47(48)43-29-31-45(32-30-43)63-57-26-13-11-24-53(57)61-59(63)36-37-60-62(61)54-25-12-14-27-58(54)64(60)46-33-35-52-51-34-28-42(17-6-4-2)39-55(51)49-22-9-10-23-50(49)56(52)40-46/h7-15,18-40H,3-6,16-17H2,1-2H3. The molecule has 0 fully saturated rings. The molecule has 0 saturated heterocycles. The van der Waals surface area contributed by atoms with Crippen LogP contribution in [0.2, 0.25) is 0 Å². The highest BCUT2D eigenvalue weighted by Gasteiger charge is 2.21. The molecule has 0 bridgehead atoms. The second kappa shape index (κ2) is 15.7. The first kappa shape index (κ1) is 38.3. The summed E-state index contributed by atoms with van der Waals surface area (Å²) in [6.45, 7) is 4.54. The molecule has 12 aromatic rings. The number of para-hydroxylation sites is 2. The van der Waals surface area contributed by atoms with Gasteiger partial charge >= 0.3 is 0 Å². The van der Waals surface area contributed by atoms with Crippen LogP contribution in [0.25, 0.3) is 110 Å². The summed E-state index contributed by atoms with van der Waals surface area (Å²) < 4.78 is 4.96. The van der Waals surface area contributed by atoms with Crippen LogP contribution in [0.5, 0.6) is 0 Å². The summed E-state index contributed by atoms with van der Waals surface area (Å²) in [6, 6.07) is 73.1. The van der Waals surface area contributed by atoms with Gasteiger partial charge in [-0.25, -0.2) is 0 Å². The lowest BCUT2D eigenvalue weighted by Gasteiger charge is -2.15. The largest absolute Gasteiger partial charge is 0.309 e. The normalized spacial score (nSPS) is 12.0. The molecule has 0 aliphatic heterocycles. The summed E-state index contributed by atoms with van der Waals surface area (Å²) in [4.78, 5) is 0. The van der Waals surface area contributed by atoms with E-state index in [-0.39, 0.29) is 0 Å². The Balaban J connectivity index is 1.02. The smallest absolute Gasteiger partial charge is 0.0548 e. The maximum Gasteiger partial charge on any atom is 0.0548 e. The van der Waals surface area contributed by atoms with Crippen LogP contribution in [0, 0.1) is 0 Å². The van der Waals surface area contributed by atoms with E-state index in [1.54, 1.807) is 0 Å². The molecule has 0 aliphatic rings. The number of aryl methyl sites for hydroxylation is 2. The topological polar surface area (TPSA) is 9.86 Å². The fraction of sp³-hybridized carbons (Fsp3) is 0.129. The molecule has 2 aromatic heterocycles. The van der Waals surface area contributed by atoms with Crippen molar-refractivity contribution in [3.05, 3.63) is 205 Å². The van der Waals surface area contributed by atoms with E-state index in [1.165, 1.54) is 141 Å². The van der Waals surface area contributed by atoms with Crippen molar-refractivity contribution >= 4 is 75.9 Å². The average Bonchev–Trinajstić information content (AvgIpc) is 3.88. The lowest BCUT2D eigenvalue weighted by molar-refractivity contribution is 0.795. The summed E-state index contributed by atoms with van der Waals surface area (Å²) in [5.74, 6) is 0. The number of aromatic nitrogens is 2. The molecular formula is C62H50N2. The van der Waals surface area contributed by atoms with Crippen molar-refractivity contribution in [1.82, 2.24) is 9.13 Å². The molecule has 2 heteroatoms. The van der Waals surface area contributed by atoms with Gasteiger partial charge in [-0.15, -0.1) is 0 Å². The Labute approximate surface area is 374 Å². The Hall–Kier alpha value is -7.42. The van der Waals surface area contributed by atoms with Crippen molar-refractivity contribution in [3.63, 3.8) is 0 Å². The maximum atomic E-state index is 2.49. The van der Waals surface area contributed by atoms with Crippen molar-refractivity contribution in [3.8, 4) is 33.6 Å². The molecule has 0 N–H and O–H groups in total. The Morgan fingerprint density at radius 2 is 0.797 bits per heavy atom. The second-order valence-electron chi connectivity index (χ2n) is 17.7. The molecule has 2 heterocycles. The summed E-state index contributed by atoms with van der Waals surface area (Å²) in [5, 5.41) is 13.0. The van der Waals surface area contributed by atoms with Crippen LogP contribution in [0.15, 0.2) is 194 Å². The summed E-state index contributed by atoms with van der Waals surface area (Å²) >= 11 is 0. The lowest BCUT2D eigenvalue weighted by Crippen LogP contribution is -1.96. The van der Waals surface area contributed by atoms with E-state index in [9.17, 15) is 0 Å². The van der Waals surface area contributed by atoms with Gasteiger partial charge in [0.25, 0.3) is 0 Å². The van der Waals surface area contributed by atoms with Gasteiger partial charge in [-0.1, -0.05) is 172 Å². The fourth-order valence-corrected chi connectivity index (χ4v) is 10.8. The Bertz CT molecular complexity index is 3730. The van der Waals surface area contributed by atoms with Gasteiger partial charge in [0.1, 0.15) is 0 Å². The molecule has 0 spiro atoms. The van der Waals surface area contributed by atoms with Crippen LogP contribution < -0.4 is 0 Å². The highest BCUT2D eigenvalue weighted by molar-refractivity contribution is 6.29. The van der Waals surface area contributed by atoms with E-state index in [1.807, 2.05) is 0 Å². The number of rotatable bonds is 10. The molecule has 0 amide bonds. The molecule has 308 valence electrons. The van der Waals surface area contributed by atoms with Gasteiger partial charge in [0.15, 0.2) is 0 Å². The molecule has 0 aliphatic carbocycles. The molecule has 0 radical (unpaired) electrons. The lowest BCUT2D eigenvalue weighted by atomic mass is 9.92. The van der Waals surface area contributed by atoms with E-state index in [4.69, 9.17) is 0 Å². The predicted octanol–water partition coefficient (Wildman–Crippen LogP) is 17.4. The van der Waals surface area contributed by atoms with E-state index < -0.39 is 0 Å². The van der Waals surface area contributed by atoms with Gasteiger partial charge in [-0.2, -0.15) is 0 Å². The minimum atomic E-state index is 1.12. The van der Waals surface area contributed by atoms with Crippen molar-refractivity contribution in [2.24, 2.45) is 0 Å². The van der Waals surface area contributed by atoms with Gasteiger partial charge in [-0.3, -0.25) is 0 Å². The third-order valence-electron chi connectivity index (χ3n) is 13.9. The predicted molar refractivity (Wildman–Crippen MR) is 276 cm³/mol. The van der Waals surface area contributed by atoms with Crippen LogP contribution in [-0.2, 0) is 12.8 Å². The van der Waals surface area contributed by atoms with Gasteiger partial charge < -0.3 is 9.13 Å². The third-order valence-corrected chi connectivity index (χ3v) is 13.9. The highest BCUT2D eigenvalue weighted by atomic mass is 15.0. The average molecular weight is 823 g/mol. The Kier molecular flexibility index (Phi) is 9.41. The third kappa shape index (κ3) is 6.15. The summed E-state index contributed by atoms with van der Waals surface area (Å²) in [7, 11) is 0. The molecule has 0 unspecified atom stereocenters. The Morgan fingerprint density at radius 3 is 1.42 bits per heavy atom. The van der Waals surface area contributed by atoms with Crippen molar-refractivity contribution in [2.75, 3.05) is 0 Å². The zero-order chi connectivity index (χ0) is 42.7.